The van der Waals surface area contributed by atoms with Gasteiger partial charge in [-0.05, 0) is 71.3 Å². The Morgan fingerprint density at radius 2 is 1.81 bits per heavy atom. The summed E-state index contributed by atoms with van der Waals surface area (Å²) in [6, 6.07) is 21.0. The molecule has 32 heavy (non-hydrogen) atoms. The third-order valence-electron chi connectivity index (χ3n) is 5.18. The number of ether oxygens (including phenoxy) is 1. The molecule has 158 valence electrons. The van der Waals surface area contributed by atoms with Crippen molar-refractivity contribution in [1.29, 1.82) is 0 Å². The lowest BCUT2D eigenvalue weighted by atomic mass is 10.0. The number of hydrogen-bond acceptors (Lipinski definition) is 5. The van der Waals surface area contributed by atoms with Crippen LogP contribution < -0.4 is 15.0 Å². The van der Waals surface area contributed by atoms with Crippen LogP contribution in [0.1, 0.15) is 5.56 Å². The van der Waals surface area contributed by atoms with Gasteiger partial charge in [-0.1, -0.05) is 23.7 Å². The van der Waals surface area contributed by atoms with Gasteiger partial charge in [0.25, 0.3) is 5.91 Å². The molecule has 0 saturated heterocycles. The lowest BCUT2D eigenvalue weighted by molar-refractivity contribution is -0.121. The molecule has 6 nitrogen and oxygen atoms in total. The monoisotopic (exact) mass is 442 g/mol. The molecule has 2 aromatic heterocycles. The molecule has 0 aliphatic carbocycles. The Hall–Kier alpha value is -3.90. The molecule has 2 aromatic carbocycles. The predicted molar refractivity (Wildman–Crippen MR) is 125 cm³/mol. The molecular formula is C25H19ClN4O2. The van der Waals surface area contributed by atoms with Crippen LogP contribution in [0.5, 0.6) is 5.75 Å². The number of pyridine rings is 2. The number of benzene rings is 2. The Labute approximate surface area is 190 Å². The summed E-state index contributed by atoms with van der Waals surface area (Å²) in [7, 11) is 0. The highest BCUT2D eigenvalue weighted by atomic mass is 35.5. The number of amides is 1. The topological polar surface area (TPSA) is 67.3 Å². The number of halogens is 1. The van der Waals surface area contributed by atoms with E-state index in [1.807, 2.05) is 66.7 Å². The second kappa shape index (κ2) is 8.69. The van der Waals surface area contributed by atoms with E-state index in [2.05, 4.69) is 15.3 Å². The summed E-state index contributed by atoms with van der Waals surface area (Å²) in [5.41, 5.74) is 4.53. The fraction of sp³-hybridized carbons (Fsp3) is 0.0800. The third kappa shape index (κ3) is 4.26. The van der Waals surface area contributed by atoms with Crippen molar-refractivity contribution >= 4 is 34.7 Å². The van der Waals surface area contributed by atoms with Gasteiger partial charge in [0.15, 0.2) is 6.61 Å². The molecule has 1 N–H and O–H groups in total. The Morgan fingerprint density at radius 3 is 2.66 bits per heavy atom. The van der Waals surface area contributed by atoms with E-state index >= 15 is 0 Å². The first-order valence-corrected chi connectivity index (χ1v) is 10.5. The standard InChI is InChI=1S/C25H19ClN4O2/c26-20-2-1-3-21(14-20)29-24-13-19(8-11-28-24)18-4-5-23-22(12-18)30(25(31)16-32-23)15-17-6-9-27-10-7-17/h1-14H,15-16H2,(H,28,29). The summed E-state index contributed by atoms with van der Waals surface area (Å²) >= 11 is 6.08. The van der Waals surface area contributed by atoms with E-state index in [1.165, 1.54) is 0 Å². The van der Waals surface area contributed by atoms with Crippen molar-refractivity contribution in [3.63, 3.8) is 0 Å². The number of anilines is 3. The molecule has 5 rings (SSSR count). The van der Waals surface area contributed by atoms with Crippen LogP contribution >= 0.6 is 11.6 Å². The number of carbonyl (C=O) groups excluding carboxylic acids is 1. The van der Waals surface area contributed by atoms with Crippen molar-refractivity contribution in [1.82, 2.24) is 9.97 Å². The molecule has 1 amide bonds. The maximum absolute atomic E-state index is 12.6. The van der Waals surface area contributed by atoms with Crippen LogP contribution in [0.4, 0.5) is 17.2 Å². The highest BCUT2D eigenvalue weighted by molar-refractivity contribution is 6.30. The molecule has 0 saturated carbocycles. The van der Waals surface area contributed by atoms with Gasteiger partial charge in [-0.15, -0.1) is 0 Å². The highest BCUT2D eigenvalue weighted by Crippen LogP contribution is 2.37. The van der Waals surface area contributed by atoms with Crippen LogP contribution in [0, 0.1) is 0 Å². The summed E-state index contributed by atoms with van der Waals surface area (Å²) in [6.45, 7) is 0.486. The summed E-state index contributed by atoms with van der Waals surface area (Å²) in [5, 5.41) is 3.93. The van der Waals surface area contributed by atoms with Gasteiger partial charge in [0.1, 0.15) is 11.6 Å². The summed E-state index contributed by atoms with van der Waals surface area (Å²) in [6.07, 6.45) is 5.20. The zero-order chi connectivity index (χ0) is 21.9. The lowest BCUT2D eigenvalue weighted by Gasteiger charge is -2.30. The molecule has 1 aliphatic heterocycles. The van der Waals surface area contributed by atoms with E-state index in [4.69, 9.17) is 16.3 Å². The van der Waals surface area contributed by atoms with Gasteiger partial charge in [0.2, 0.25) is 0 Å². The number of nitrogens with one attached hydrogen (secondary N) is 1. The van der Waals surface area contributed by atoms with Gasteiger partial charge in [-0.25, -0.2) is 4.98 Å². The first kappa shape index (κ1) is 20.0. The zero-order valence-electron chi connectivity index (χ0n) is 17.0. The van der Waals surface area contributed by atoms with Crippen LogP contribution in [-0.4, -0.2) is 22.5 Å². The molecule has 4 aromatic rings. The van der Waals surface area contributed by atoms with Gasteiger partial charge in [-0.2, -0.15) is 0 Å². The SMILES string of the molecule is O=C1COc2ccc(-c3ccnc(Nc4cccc(Cl)c4)c3)cc2N1Cc1ccncc1. The molecule has 0 atom stereocenters. The fourth-order valence-electron chi connectivity index (χ4n) is 3.62. The smallest absolute Gasteiger partial charge is 0.265 e. The fourth-order valence-corrected chi connectivity index (χ4v) is 3.81. The molecule has 0 unspecified atom stereocenters. The zero-order valence-corrected chi connectivity index (χ0v) is 17.8. The van der Waals surface area contributed by atoms with Gasteiger partial charge in [0, 0.05) is 29.3 Å². The minimum atomic E-state index is -0.0792. The van der Waals surface area contributed by atoms with Crippen molar-refractivity contribution in [3.8, 4) is 16.9 Å². The lowest BCUT2D eigenvalue weighted by Crippen LogP contribution is -2.38. The molecular weight excluding hydrogens is 424 g/mol. The van der Waals surface area contributed by atoms with Crippen LogP contribution in [0.3, 0.4) is 0 Å². The minimum Gasteiger partial charge on any atom is -0.482 e. The number of fused-ring (bicyclic) bond motifs is 1. The predicted octanol–water partition coefficient (Wildman–Crippen LogP) is 5.47. The van der Waals surface area contributed by atoms with Crippen LogP contribution in [-0.2, 0) is 11.3 Å². The van der Waals surface area contributed by atoms with E-state index in [0.29, 0.717) is 23.1 Å². The molecule has 1 aliphatic rings. The third-order valence-corrected chi connectivity index (χ3v) is 5.42. The Kier molecular flexibility index (Phi) is 5.44. The Morgan fingerprint density at radius 1 is 0.969 bits per heavy atom. The normalized spacial score (nSPS) is 12.8. The number of rotatable bonds is 5. The van der Waals surface area contributed by atoms with Crippen molar-refractivity contribution in [2.45, 2.75) is 6.54 Å². The van der Waals surface area contributed by atoms with Gasteiger partial charge < -0.3 is 15.0 Å². The molecule has 7 heteroatoms. The van der Waals surface area contributed by atoms with Gasteiger partial charge >= 0.3 is 0 Å². The van der Waals surface area contributed by atoms with Crippen LogP contribution in [0.2, 0.25) is 5.02 Å². The quantitative estimate of drug-likeness (QED) is 0.444. The second-order valence-corrected chi connectivity index (χ2v) is 7.81. The van der Waals surface area contributed by atoms with Crippen LogP contribution in [0.25, 0.3) is 11.1 Å². The summed E-state index contributed by atoms with van der Waals surface area (Å²) < 4.78 is 5.67. The number of hydrogen-bond donors (Lipinski definition) is 1. The highest BCUT2D eigenvalue weighted by Gasteiger charge is 2.26. The maximum Gasteiger partial charge on any atom is 0.265 e. The number of aromatic nitrogens is 2. The average molecular weight is 443 g/mol. The Bertz CT molecular complexity index is 1280. The summed E-state index contributed by atoms with van der Waals surface area (Å²) in [4.78, 5) is 22.9. The van der Waals surface area contributed by atoms with Gasteiger partial charge in [-0.3, -0.25) is 9.78 Å². The summed E-state index contributed by atoms with van der Waals surface area (Å²) in [5.74, 6) is 1.31. The van der Waals surface area contributed by atoms with E-state index in [0.717, 1.165) is 28.1 Å². The molecule has 0 bridgehead atoms. The number of nitrogens with zero attached hydrogens (tertiary/aromatic N) is 3. The van der Waals surface area contributed by atoms with E-state index in [1.54, 1.807) is 23.5 Å². The van der Waals surface area contributed by atoms with Gasteiger partial charge in [0.05, 0.1) is 12.2 Å². The maximum atomic E-state index is 12.6. The van der Waals surface area contributed by atoms with Crippen LogP contribution in [0.15, 0.2) is 85.3 Å². The van der Waals surface area contributed by atoms with Crippen molar-refractivity contribution in [3.05, 3.63) is 95.9 Å². The minimum absolute atomic E-state index is 0.0282. The van der Waals surface area contributed by atoms with E-state index in [9.17, 15) is 4.79 Å². The first-order chi connectivity index (χ1) is 15.7. The molecule has 0 fully saturated rings. The largest absolute Gasteiger partial charge is 0.482 e. The van der Waals surface area contributed by atoms with Crippen molar-refractivity contribution in [2.75, 3.05) is 16.8 Å². The second-order valence-electron chi connectivity index (χ2n) is 7.37. The van der Waals surface area contributed by atoms with E-state index in [-0.39, 0.29) is 12.5 Å². The molecule has 3 heterocycles. The first-order valence-electron chi connectivity index (χ1n) is 10.1. The average Bonchev–Trinajstić information content (AvgIpc) is 2.81. The van der Waals surface area contributed by atoms with Crippen molar-refractivity contribution in [2.24, 2.45) is 0 Å². The van der Waals surface area contributed by atoms with Crippen molar-refractivity contribution < 1.29 is 9.53 Å². The molecule has 0 spiro atoms. The molecule has 0 radical (unpaired) electrons. The Balaban J connectivity index is 1.46. The number of carbonyl (C=O) groups is 1. The van der Waals surface area contributed by atoms with E-state index < -0.39 is 0 Å².